The molecule has 0 radical (unpaired) electrons. The van der Waals surface area contributed by atoms with Crippen LogP contribution in [0.5, 0.6) is 0 Å². The molecule has 1 unspecified atom stereocenters. The molecule has 1 aliphatic heterocycles. The first-order valence-electron chi connectivity index (χ1n) is 6.70. The third-order valence-corrected chi connectivity index (χ3v) is 5.86. The van der Waals surface area contributed by atoms with E-state index in [1.165, 1.54) is 11.8 Å². The molecule has 116 valence electrons. The van der Waals surface area contributed by atoms with Crippen LogP contribution in [0.3, 0.4) is 0 Å². The van der Waals surface area contributed by atoms with Crippen LogP contribution in [0.15, 0.2) is 29.2 Å². The van der Waals surface area contributed by atoms with Crippen molar-refractivity contribution in [1.29, 1.82) is 0 Å². The lowest BCUT2D eigenvalue weighted by Gasteiger charge is -2.12. The van der Waals surface area contributed by atoms with Gasteiger partial charge < -0.3 is 11.1 Å². The number of para-hydroxylation sites is 1. The lowest BCUT2D eigenvalue weighted by atomic mass is 10.2. The Balaban J connectivity index is 1.74. The number of hydrogen-bond donors (Lipinski definition) is 3. The molecule has 1 fully saturated rings. The molecule has 1 amide bonds. The zero-order valence-electron chi connectivity index (χ0n) is 11.5. The molecule has 6 nitrogen and oxygen atoms in total. The zero-order chi connectivity index (χ0) is 15.3. The highest BCUT2D eigenvalue weighted by Crippen LogP contribution is 2.24. The highest BCUT2D eigenvalue weighted by Gasteiger charge is 2.22. The van der Waals surface area contributed by atoms with Crippen LogP contribution in [0.2, 0.25) is 0 Å². The van der Waals surface area contributed by atoms with Gasteiger partial charge in [-0.3, -0.25) is 4.79 Å². The first-order valence-corrected chi connectivity index (χ1v) is 9.34. The van der Waals surface area contributed by atoms with Gasteiger partial charge in [0.1, 0.15) is 0 Å². The number of nitrogens with two attached hydrogens (primary N) is 1. The Labute approximate surface area is 128 Å². The van der Waals surface area contributed by atoms with Crippen molar-refractivity contribution in [3.8, 4) is 0 Å². The van der Waals surface area contributed by atoms with Crippen LogP contribution >= 0.6 is 11.8 Å². The first kappa shape index (κ1) is 16.1. The average Bonchev–Trinajstić information content (AvgIpc) is 2.85. The molecule has 0 spiro atoms. The second-order valence-electron chi connectivity index (χ2n) is 4.86. The minimum Gasteiger partial charge on any atom is -0.398 e. The van der Waals surface area contributed by atoms with Crippen LogP contribution < -0.4 is 15.8 Å². The summed E-state index contributed by atoms with van der Waals surface area (Å²) in [6, 6.07) is 7.28. The summed E-state index contributed by atoms with van der Waals surface area (Å²) in [5, 5.41) is 2.73. The summed E-state index contributed by atoms with van der Waals surface area (Å²) in [6.07, 6.45) is 1.15. The van der Waals surface area contributed by atoms with E-state index in [0.29, 0.717) is 24.3 Å². The van der Waals surface area contributed by atoms with Gasteiger partial charge in [-0.05, 0) is 18.6 Å². The fourth-order valence-electron chi connectivity index (χ4n) is 2.00. The van der Waals surface area contributed by atoms with Crippen LogP contribution in [0.4, 0.5) is 5.69 Å². The maximum absolute atomic E-state index is 11.9. The second-order valence-corrected chi connectivity index (χ2v) is 7.92. The van der Waals surface area contributed by atoms with Crippen LogP contribution in [0.25, 0.3) is 0 Å². The van der Waals surface area contributed by atoms with Crippen molar-refractivity contribution in [2.24, 2.45) is 0 Å². The van der Waals surface area contributed by atoms with E-state index < -0.39 is 10.0 Å². The van der Waals surface area contributed by atoms with Gasteiger partial charge in [-0.2, -0.15) is 0 Å². The van der Waals surface area contributed by atoms with Crippen LogP contribution in [0.1, 0.15) is 12.8 Å². The molecule has 0 aliphatic carbocycles. The molecule has 2 rings (SSSR count). The molecule has 1 aromatic carbocycles. The number of sulfonamides is 1. The van der Waals surface area contributed by atoms with Crippen molar-refractivity contribution in [2.75, 3.05) is 23.8 Å². The smallest absolute Gasteiger partial charge is 0.220 e. The summed E-state index contributed by atoms with van der Waals surface area (Å²) in [5.41, 5.74) is 6.45. The number of amides is 1. The molecule has 1 aliphatic rings. The van der Waals surface area contributed by atoms with E-state index in [1.54, 1.807) is 6.07 Å². The summed E-state index contributed by atoms with van der Waals surface area (Å²) in [4.78, 5) is 11.9. The van der Waals surface area contributed by atoms with Gasteiger partial charge in [0.2, 0.25) is 15.9 Å². The van der Waals surface area contributed by atoms with Crippen molar-refractivity contribution in [2.45, 2.75) is 23.8 Å². The van der Waals surface area contributed by atoms with Crippen molar-refractivity contribution < 1.29 is 13.2 Å². The van der Waals surface area contributed by atoms with E-state index in [1.807, 2.05) is 18.2 Å². The van der Waals surface area contributed by atoms with Crippen molar-refractivity contribution in [3.63, 3.8) is 0 Å². The van der Waals surface area contributed by atoms with Crippen molar-refractivity contribution in [1.82, 2.24) is 10.0 Å². The number of thioether (sulfide) groups is 1. The number of nitrogen functional groups attached to an aromatic ring is 1. The summed E-state index contributed by atoms with van der Waals surface area (Å²) >= 11 is 1.42. The molecule has 1 heterocycles. The van der Waals surface area contributed by atoms with Gasteiger partial charge in [0.25, 0.3) is 0 Å². The first-order chi connectivity index (χ1) is 9.96. The topological polar surface area (TPSA) is 101 Å². The molecule has 0 saturated carbocycles. The molecule has 0 bridgehead atoms. The van der Waals surface area contributed by atoms with Crippen molar-refractivity contribution >= 4 is 33.4 Å². The molecular weight excluding hydrogens is 310 g/mol. The predicted octanol–water partition coefficient (Wildman–Crippen LogP) is 0.559. The van der Waals surface area contributed by atoms with Crippen LogP contribution in [-0.4, -0.2) is 38.4 Å². The number of nitrogens with one attached hydrogen (secondary N) is 2. The maximum Gasteiger partial charge on any atom is 0.220 e. The number of benzene rings is 1. The standard InChI is InChI=1S/C13H19N3O3S2/c14-11-3-1-2-4-12(11)20-7-8-21(18,19)15-9-10-5-6-13(17)16-10/h1-4,10,15H,5-9,14H2,(H,16,17). The Morgan fingerprint density at radius 2 is 2.14 bits per heavy atom. The molecular formula is C13H19N3O3S2. The summed E-state index contributed by atoms with van der Waals surface area (Å²) < 4.78 is 26.3. The Morgan fingerprint density at radius 1 is 1.38 bits per heavy atom. The van der Waals surface area contributed by atoms with E-state index in [9.17, 15) is 13.2 Å². The fraction of sp³-hybridized carbons (Fsp3) is 0.462. The van der Waals surface area contributed by atoms with Gasteiger partial charge in [-0.15, -0.1) is 11.8 Å². The lowest BCUT2D eigenvalue weighted by molar-refractivity contribution is -0.119. The van der Waals surface area contributed by atoms with Gasteiger partial charge in [-0.1, -0.05) is 12.1 Å². The second kappa shape index (κ2) is 7.15. The van der Waals surface area contributed by atoms with E-state index in [2.05, 4.69) is 10.0 Å². The largest absolute Gasteiger partial charge is 0.398 e. The number of carbonyl (C=O) groups excluding carboxylic acids is 1. The third-order valence-electron chi connectivity index (χ3n) is 3.16. The summed E-state index contributed by atoms with van der Waals surface area (Å²) in [7, 11) is -3.33. The summed E-state index contributed by atoms with van der Waals surface area (Å²) in [5.74, 6) is 0.432. The Kier molecular flexibility index (Phi) is 5.49. The molecule has 1 atom stereocenters. The zero-order valence-corrected chi connectivity index (χ0v) is 13.2. The highest BCUT2D eigenvalue weighted by molar-refractivity contribution is 8.00. The fourth-order valence-corrected chi connectivity index (χ4v) is 4.44. The molecule has 21 heavy (non-hydrogen) atoms. The number of rotatable bonds is 7. The number of hydrogen-bond acceptors (Lipinski definition) is 5. The molecule has 1 saturated heterocycles. The predicted molar refractivity (Wildman–Crippen MR) is 84.5 cm³/mol. The van der Waals surface area contributed by atoms with Gasteiger partial charge in [0.05, 0.1) is 5.75 Å². The van der Waals surface area contributed by atoms with Crippen LogP contribution in [0, 0.1) is 0 Å². The molecule has 4 N–H and O–H groups in total. The van der Waals surface area contributed by atoms with Crippen LogP contribution in [-0.2, 0) is 14.8 Å². The Hall–Kier alpha value is -1.25. The van der Waals surface area contributed by atoms with Crippen molar-refractivity contribution in [3.05, 3.63) is 24.3 Å². The SMILES string of the molecule is Nc1ccccc1SCCS(=O)(=O)NCC1CCC(=O)N1. The number of carbonyl (C=O) groups is 1. The molecule has 0 aromatic heterocycles. The normalized spacial score (nSPS) is 18.7. The summed E-state index contributed by atoms with van der Waals surface area (Å²) in [6.45, 7) is 0.256. The quantitative estimate of drug-likeness (QED) is 0.501. The lowest BCUT2D eigenvalue weighted by Crippen LogP contribution is -2.39. The van der Waals surface area contributed by atoms with E-state index in [4.69, 9.17) is 5.73 Å². The Morgan fingerprint density at radius 3 is 2.81 bits per heavy atom. The Bertz CT molecular complexity index is 604. The maximum atomic E-state index is 11.9. The molecule has 1 aromatic rings. The van der Waals surface area contributed by atoms with E-state index >= 15 is 0 Å². The highest BCUT2D eigenvalue weighted by atomic mass is 32.2. The average molecular weight is 329 g/mol. The van der Waals surface area contributed by atoms with Gasteiger partial charge >= 0.3 is 0 Å². The third kappa shape index (κ3) is 5.22. The minimum absolute atomic E-state index is 0.0192. The van der Waals surface area contributed by atoms with E-state index in [-0.39, 0.29) is 24.2 Å². The van der Waals surface area contributed by atoms with Gasteiger partial charge in [-0.25, -0.2) is 13.1 Å². The number of anilines is 1. The van der Waals surface area contributed by atoms with Gasteiger partial charge in [0.15, 0.2) is 0 Å². The monoisotopic (exact) mass is 329 g/mol. The van der Waals surface area contributed by atoms with Gasteiger partial charge in [0, 0.05) is 35.3 Å². The van der Waals surface area contributed by atoms with E-state index in [0.717, 1.165) is 4.90 Å². The minimum atomic E-state index is -3.33. The molecule has 8 heteroatoms.